The van der Waals surface area contributed by atoms with Crippen molar-refractivity contribution < 1.29 is 9.90 Å². The molecule has 2 aromatic rings. The van der Waals surface area contributed by atoms with Gasteiger partial charge in [0.15, 0.2) is 0 Å². The Hall–Kier alpha value is -2.13. The normalized spacial score (nSPS) is 18.6. The van der Waals surface area contributed by atoms with Crippen LogP contribution >= 0.6 is 0 Å². The predicted molar refractivity (Wildman–Crippen MR) is 88.0 cm³/mol. The van der Waals surface area contributed by atoms with Crippen molar-refractivity contribution in [3.8, 4) is 11.1 Å². The fourth-order valence-corrected chi connectivity index (χ4v) is 3.08. The van der Waals surface area contributed by atoms with E-state index in [2.05, 4.69) is 23.5 Å². The number of aromatic carboxylic acids is 1. The Kier molecular flexibility index (Phi) is 4.54. The van der Waals surface area contributed by atoms with Gasteiger partial charge in [-0.3, -0.25) is 0 Å². The van der Waals surface area contributed by atoms with Gasteiger partial charge in [-0.05, 0) is 54.3 Å². The summed E-state index contributed by atoms with van der Waals surface area (Å²) in [6, 6.07) is 16.0. The van der Waals surface area contributed by atoms with Gasteiger partial charge in [0.25, 0.3) is 0 Å². The fraction of sp³-hybridized carbons (Fsp3) is 0.316. The Morgan fingerprint density at radius 3 is 2.59 bits per heavy atom. The van der Waals surface area contributed by atoms with Gasteiger partial charge in [0.05, 0.1) is 5.56 Å². The molecular formula is C19H21NO2. The van der Waals surface area contributed by atoms with E-state index in [4.69, 9.17) is 5.11 Å². The first-order valence-corrected chi connectivity index (χ1v) is 7.91. The molecule has 0 radical (unpaired) electrons. The molecule has 0 spiro atoms. The lowest BCUT2D eigenvalue weighted by atomic mass is 9.96. The van der Waals surface area contributed by atoms with Crippen LogP contribution in [0.15, 0.2) is 48.5 Å². The van der Waals surface area contributed by atoms with Gasteiger partial charge in [-0.2, -0.15) is 0 Å². The van der Waals surface area contributed by atoms with Crippen molar-refractivity contribution in [2.75, 3.05) is 6.54 Å². The summed E-state index contributed by atoms with van der Waals surface area (Å²) in [6.07, 6.45) is 4.97. The number of carboxylic acid groups (broad SMARTS) is 1. The Bertz CT molecular complexity index is 658. The van der Waals surface area contributed by atoms with Crippen LogP contribution in [0.25, 0.3) is 11.1 Å². The smallest absolute Gasteiger partial charge is 0.335 e. The zero-order valence-electron chi connectivity index (χ0n) is 12.6. The number of hydrogen-bond acceptors (Lipinski definition) is 2. The number of carbonyl (C=O) groups is 1. The van der Waals surface area contributed by atoms with E-state index in [0.717, 1.165) is 17.7 Å². The van der Waals surface area contributed by atoms with Crippen molar-refractivity contribution in [1.82, 2.24) is 5.32 Å². The van der Waals surface area contributed by atoms with Crippen molar-refractivity contribution in [3.63, 3.8) is 0 Å². The summed E-state index contributed by atoms with van der Waals surface area (Å²) in [5.74, 6) is -0.886. The van der Waals surface area contributed by atoms with Crippen LogP contribution in [0.2, 0.25) is 0 Å². The summed E-state index contributed by atoms with van der Waals surface area (Å²) in [7, 11) is 0. The second-order valence-corrected chi connectivity index (χ2v) is 5.87. The van der Waals surface area contributed by atoms with Gasteiger partial charge >= 0.3 is 5.97 Å². The lowest BCUT2D eigenvalue weighted by Gasteiger charge is -2.17. The first-order valence-electron chi connectivity index (χ1n) is 7.91. The largest absolute Gasteiger partial charge is 0.478 e. The molecule has 22 heavy (non-hydrogen) atoms. The van der Waals surface area contributed by atoms with Gasteiger partial charge in [-0.1, -0.05) is 43.2 Å². The van der Waals surface area contributed by atoms with Gasteiger partial charge < -0.3 is 10.4 Å². The van der Waals surface area contributed by atoms with E-state index in [1.54, 1.807) is 18.2 Å². The van der Waals surface area contributed by atoms with Gasteiger partial charge in [-0.25, -0.2) is 4.79 Å². The van der Waals surface area contributed by atoms with Crippen molar-refractivity contribution in [1.29, 1.82) is 0 Å². The van der Waals surface area contributed by atoms with E-state index in [1.165, 1.54) is 31.2 Å². The molecule has 2 N–H and O–H groups in total. The Morgan fingerprint density at radius 2 is 1.77 bits per heavy atom. The van der Waals surface area contributed by atoms with E-state index in [1.807, 2.05) is 12.1 Å². The average Bonchev–Trinajstić information content (AvgIpc) is 2.84. The number of carboxylic acids is 1. The molecule has 0 aliphatic carbocycles. The van der Waals surface area contributed by atoms with Gasteiger partial charge in [0.2, 0.25) is 0 Å². The van der Waals surface area contributed by atoms with E-state index in [9.17, 15) is 4.79 Å². The summed E-state index contributed by atoms with van der Waals surface area (Å²) < 4.78 is 0. The number of nitrogens with one attached hydrogen (secondary N) is 1. The first kappa shape index (κ1) is 14.8. The molecule has 0 saturated carbocycles. The quantitative estimate of drug-likeness (QED) is 0.889. The van der Waals surface area contributed by atoms with Crippen LogP contribution in [0.4, 0.5) is 0 Å². The van der Waals surface area contributed by atoms with Crippen LogP contribution in [-0.4, -0.2) is 17.6 Å². The third-order valence-corrected chi connectivity index (χ3v) is 4.29. The Labute approximate surface area is 131 Å². The molecule has 0 amide bonds. The minimum atomic E-state index is -0.886. The number of rotatable bonds is 3. The fourth-order valence-electron chi connectivity index (χ4n) is 3.08. The minimum absolute atomic E-state index is 0.329. The second-order valence-electron chi connectivity index (χ2n) is 5.87. The standard InChI is InChI=1S/C19H21NO2/c21-19(22)17-9-5-7-15(13-17)14-6-4-8-16(12-14)18-10-2-1-3-11-20-18/h4-9,12-13,18,20H,1-3,10-11H2,(H,21,22). The van der Waals surface area contributed by atoms with E-state index in [-0.39, 0.29) is 0 Å². The lowest BCUT2D eigenvalue weighted by Crippen LogP contribution is -2.20. The van der Waals surface area contributed by atoms with E-state index < -0.39 is 5.97 Å². The molecule has 1 aliphatic rings. The molecule has 3 nitrogen and oxygen atoms in total. The van der Waals surface area contributed by atoms with Crippen LogP contribution < -0.4 is 5.32 Å². The zero-order valence-corrected chi connectivity index (χ0v) is 12.6. The molecule has 1 aliphatic heterocycles. The van der Waals surface area contributed by atoms with Crippen molar-refractivity contribution in [2.24, 2.45) is 0 Å². The molecule has 0 bridgehead atoms. The zero-order chi connectivity index (χ0) is 15.4. The topological polar surface area (TPSA) is 49.3 Å². The van der Waals surface area contributed by atoms with Gasteiger partial charge in [0.1, 0.15) is 0 Å². The summed E-state index contributed by atoms with van der Waals surface area (Å²) in [5, 5.41) is 12.7. The molecule has 2 aromatic carbocycles. The van der Waals surface area contributed by atoms with Crippen LogP contribution in [0, 0.1) is 0 Å². The van der Waals surface area contributed by atoms with Crippen LogP contribution in [-0.2, 0) is 0 Å². The van der Waals surface area contributed by atoms with Crippen molar-refractivity contribution in [3.05, 3.63) is 59.7 Å². The molecule has 1 fully saturated rings. The highest BCUT2D eigenvalue weighted by Gasteiger charge is 2.14. The van der Waals surface area contributed by atoms with Crippen LogP contribution in [0.5, 0.6) is 0 Å². The molecule has 1 saturated heterocycles. The molecule has 1 atom stereocenters. The average molecular weight is 295 g/mol. The SMILES string of the molecule is O=C(O)c1cccc(-c2cccc(C3CCCCCN3)c2)c1. The highest BCUT2D eigenvalue weighted by Crippen LogP contribution is 2.27. The van der Waals surface area contributed by atoms with Crippen molar-refractivity contribution in [2.45, 2.75) is 31.7 Å². The highest BCUT2D eigenvalue weighted by molar-refractivity contribution is 5.89. The van der Waals surface area contributed by atoms with Gasteiger partial charge in [0, 0.05) is 6.04 Å². The van der Waals surface area contributed by atoms with E-state index in [0.29, 0.717) is 11.6 Å². The monoisotopic (exact) mass is 295 g/mol. The maximum atomic E-state index is 11.1. The van der Waals surface area contributed by atoms with Gasteiger partial charge in [-0.15, -0.1) is 0 Å². The molecule has 0 aromatic heterocycles. The maximum absolute atomic E-state index is 11.1. The predicted octanol–water partition coefficient (Wildman–Crippen LogP) is 4.26. The minimum Gasteiger partial charge on any atom is -0.478 e. The third-order valence-electron chi connectivity index (χ3n) is 4.29. The second kappa shape index (κ2) is 6.75. The summed E-state index contributed by atoms with van der Waals surface area (Å²) >= 11 is 0. The summed E-state index contributed by atoms with van der Waals surface area (Å²) in [4.78, 5) is 11.1. The summed E-state index contributed by atoms with van der Waals surface area (Å²) in [6.45, 7) is 1.07. The third kappa shape index (κ3) is 3.37. The molecule has 1 unspecified atom stereocenters. The Morgan fingerprint density at radius 1 is 1.00 bits per heavy atom. The lowest BCUT2D eigenvalue weighted by molar-refractivity contribution is 0.0697. The van der Waals surface area contributed by atoms with Crippen molar-refractivity contribution >= 4 is 5.97 Å². The van der Waals surface area contributed by atoms with Crippen LogP contribution in [0.3, 0.4) is 0 Å². The van der Waals surface area contributed by atoms with E-state index >= 15 is 0 Å². The highest BCUT2D eigenvalue weighted by atomic mass is 16.4. The Balaban J connectivity index is 1.90. The number of hydrogen-bond donors (Lipinski definition) is 2. The first-order chi connectivity index (χ1) is 10.7. The molecule has 3 rings (SSSR count). The molecular weight excluding hydrogens is 274 g/mol. The molecule has 3 heteroatoms. The number of benzene rings is 2. The summed E-state index contributed by atoms with van der Waals surface area (Å²) in [5.41, 5.74) is 3.65. The van der Waals surface area contributed by atoms with Crippen LogP contribution in [0.1, 0.15) is 47.6 Å². The molecule has 114 valence electrons. The molecule has 1 heterocycles. The maximum Gasteiger partial charge on any atom is 0.335 e.